The Kier molecular flexibility index (Phi) is 5.95. The molecule has 104 valence electrons. The molecule has 2 N–H and O–H groups in total. The maximum atomic E-state index is 12.0. The number of carbonyl (C=O) groups is 2. The number of carboxylic acids is 1. The molecule has 0 spiro atoms. The minimum absolute atomic E-state index is 0.207. The Morgan fingerprint density at radius 1 is 1.28 bits per heavy atom. The van der Waals surface area contributed by atoms with Gasteiger partial charge < -0.3 is 15.3 Å². The first-order chi connectivity index (χ1) is 8.58. The zero-order valence-corrected chi connectivity index (χ0v) is 11.3. The number of nitrogens with zero attached hydrogens (tertiary/aromatic N) is 1. The fraction of sp³-hybridized carbons (Fsp3) is 0.846. The molecule has 2 amide bonds. The highest BCUT2D eigenvalue weighted by Gasteiger charge is 2.26. The van der Waals surface area contributed by atoms with E-state index in [2.05, 4.69) is 12.2 Å². The molecular formula is C13H24N2O3. The van der Waals surface area contributed by atoms with Crippen molar-refractivity contribution >= 4 is 12.0 Å². The number of likely N-dealkylation sites (N-methyl/N-ethyl adjacent to an activating group) is 1. The lowest BCUT2D eigenvalue weighted by atomic mass is 9.83. The Morgan fingerprint density at radius 2 is 1.94 bits per heavy atom. The van der Waals surface area contributed by atoms with E-state index in [-0.39, 0.29) is 18.6 Å². The van der Waals surface area contributed by atoms with E-state index in [4.69, 9.17) is 5.11 Å². The number of nitrogens with one attached hydrogen (secondary N) is 1. The van der Waals surface area contributed by atoms with Gasteiger partial charge in [-0.1, -0.05) is 26.2 Å². The molecule has 2 unspecified atom stereocenters. The van der Waals surface area contributed by atoms with Gasteiger partial charge in [0.15, 0.2) is 0 Å². The zero-order valence-electron chi connectivity index (χ0n) is 11.3. The summed E-state index contributed by atoms with van der Waals surface area (Å²) in [7, 11) is 0. The third-order valence-electron chi connectivity index (χ3n) is 3.74. The standard InChI is InChI=1S/C13H24N2O3/c1-3-10-7-5-6-8-11(10)14-13(18)15(4-2)9-12(16)17/h10-11H,3-9H2,1-2H3,(H,14,18)(H,16,17). The highest BCUT2D eigenvalue weighted by atomic mass is 16.4. The lowest BCUT2D eigenvalue weighted by molar-refractivity contribution is -0.137. The molecule has 0 radical (unpaired) electrons. The van der Waals surface area contributed by atoms with Crippen LogP contribution in [0.25, 0.3) is 0 Å². The molecule has 5 nitrogen and oxygen atoms in total. The van der Waals surface area contributed by atoms with E-state index in [1.54, 1.807) is 6.92 Å². The van der Waals surface area contributed by atoms with Crippen LogP contribution in [0.15, 0.2) is 0 Å². The Bertz CT molecular complexity index is 294. The molecule has 1 fully saturated rings. The van der Waals surface area contributed by atoms with Crippen LogP contribution < -0.4 is 5.32 Å². The normalized spacial score (nSPS) is 23.4. The van der Waals surface area contributed by atoms with Crippen LogP contribution in [0.2, 0.25) is 0 Å². The lowest BCUT2D eigenvalue weighted by Gasteiger charge is -2.33. The first-order valence-electron chi connectivity index (χ1n) is 6.85. The third-order valence-corrected chi connectivity index (χ3v) is 3.74. The number of hydrogen-bond acceptors (Lipinski definition) is 2. The monoisotopic (exact) mass is 256 g/mol. The van der Waals surface area contributed by atoms with Gasteiger partial charge in [0.25, 0.3) is 0 Å². The molecule has 0 aromatic heterocycles. The molecule has 1 rings (SSSR count). The van der Waals surface area contributed by atoms with Gasteiger partial charge in [0.2, 0.25) is 0 Å². The van der Waals surface area contributed by atoms with Crippen LogP contribution in [0.1, 0.15) is 46.0 Å². The van der Waals surface area contributed by atoms with Gasteiger partial charge >= 0.3 is 12.0 Å². The fourth-order valence-electron chi connectivity index (χ4n) is 2.63. The van der Waals surface area contributed by atoms with Gasteiger partial charge in [0, 0.05) is 12.6 Å². The number of amides is 2. The van der Waals surface area contributed by atoms with E-state index in [1.807, 2.05) is 0 Å². The van der Waals surface area contributed by atoms with Crippen molar-refractivity contribution in [1.29, 1.82) is 0 Å². The van der Waals surface area contributed by atoms with Crippen LogP contribution in [0.3, 0.4) is 0 Å². The van der Waals surface area contributed by atoms with Crippen LogP contribution in [0.4, 0.5) is 4.79 Å². The summed E-state index contributed by atoms with van der Waals surface area (Å²) < 4.78 is 0. The molecule has 2 atom stereocenters. The molecule has 1 saturated carbocycles. The van der Waals surface area contributed by atoms with Crippen LogP contribution in [0, 0.1) is 5.92 Å². The minimum atomic E-state index is -0.970. The summed E-state index contributed by atoms with van der Waals surface area (Å²) in [5.41, 5.74) is 0. The summed E-state index contributed by atoms with van der Waals surface area (Å²) in [6.07, 6.45) is 5.61. The van der Waals surface area contributed by atoms with Crippen molar-refractivity contribution in [3.05, 3.63) is 0 Å². The number of hydrogen-bond donors (Lipinski definition) is 2. The van der Waals surface area contributed by atoms with Crippen molar-refractivity contribution in [3.63, 3.8) is 0 Å². The van der Waals surface area contributed by atoms with E-state index < -0.39 is 5.97 Å². The molecule has 0 bridgehead atoms. The molecule has 0 aromatic rings. The van der Waals surface area contributed by atoms with Crippen molar-refractivity contribution in [1.82, 2.24) is 10.2 Å². The van der Waals surface area contributed by atoms with Crippen LogP contribution in [0.5, 0.6) is 0 Å². The summed E-state index contributed by atoms with van der Waals surface area (Å²) in [6.45, 7) is 4.12. The maximum Gasteiger partial charge on any atom is 0.323 e. The van der Waals surface area contributed by atoms with Gasteiger partial charge in [-0.15, -0.1) is 0 Å². The van der Waals surface area contributed by atoms with Crippen LogP contribution in [-0.4, -0.2) is 41.1 Å². The van der Waals surface area contributed by atoms with Gasteiger partial charge in [-0.3, -0.25) is 4.79 Å². The van der Waals surface area contributed by atoms with Crippen molar-refractivity contribution in [3.8, 4) is 0 Å². The Labute approximate surface area is 109 Å². The largest absolute Gasteiger partial charge is 0.480 e. The van der Waals surface area contributed by atoms with E-state index >= 15 is 0 Å². The molecule has 0 saturated heterocycles. The summed E-state index contributed by atoms with van der Waals surface area (Å²) in [5.74, 6) is -0.436. The Balaban J connectivity index is 2.52. The molecule has 18 heavy (non-hydrogen) atoms. The number of carbonyl (C=O) groups excluding carboxylic acids is 1. The molecule has 5 heteroatoms. The number of aliphatic carboxylic acids is 1. The predicted molar refractivity (Wildman–Crippen MR) is 69.5 cm³/mol. The van der Waals surface area contributed by atoms with Crippen LogP contribution in [-0.2, 0) is 4.79 Å². The number of carboxylic acid groups (broad SMARTS) is 1. The predicted octanol–water partition coefficient (Wildman–Crippen LogP) is 2.07. The first-order valence-corrected chi connectivity index (χ1v) is 6.85. The molecule has 1 aliphatic carbocycles. The lowest BCUT2D eigenvalue weighted by Crippen LogP contribution is -2.49. The Hall–Kier alpha value is -1.26. The summed E-state index contributed by atoms with van der Waals surface area (Å²) in [4.78, 5) is 24.0. The van der Waals surface area contributed by atoms with Gasteiger partial charge in [-0.2, -0.15) is 0 Å². The Morgan fingerprint density at radius 3 is 2.50 bits per heavy atom. The fourth-order valence-corrected chi connectivity index (χ4v) is 2.63. The second-order valence-electron chi connectivity index (χ2n) is 4.92. The van der Waals surface area contributed by atoms with E-state index in [9.17, 15) is 9.59 Å². The van der Waals surface area contributed by atoms with E-state index in [0.29, 0.717) is 12.5 Å². The third kappa shape index (κ3) is 4.20. The number of rotatable bonds is 5. The number of urea groups is 1. The molecule has 0 aromatic carbocycles. The molecular weight excluding hydrogens is 232 g/mol. The van der Waals surface area contributed by atoms with Gasteiger partial charge in [0.05, 0.1) is 0 Å². The van der Waals surface area contributed by atoms with Crippen molar-refractivity contribution in [2.45, 2.75) is 52.0 Å². The van der Waals surface area contributed by atoms with Crippen LogP contribution >= 0.6 is 0 Å². The van der Waals surface area contributed by atoms with Gasteiger partial charge in [0.1, 0.15) is 6.54 Å². The first kappa shape index (κ1) is 14.8. The van der Waals surface area contributed by atoms with Crippen molar-refractivity contribution in [2.75, 3.05) is 13.1 Å². The average molecular weight is 256 g/mol. The topological polar surface area (TPSA) is 69.6 Å². The smallest absolute Gasteiger partial charge is 0.323 e. The minimum Gasteiger partial charge on any atom is -0.480 e. The summed E-state index contributed by atoms with van der Waals surface area (Å²) in [5, 5.41) is 11.7. The highest BCUT2D eigenvalue weighted by Crippen LogP contribution is 2.26. The second kappa shape index (κ2) is 7.24. The quantitative estimate of drug-likeness (QED) is 0.791. The van der Waals surface area contributed by atoms with Crippen molar-refractivity contribution < 1.29 is 14.7 Å². The second-order valence-corrected chi connectivity index (χ2v) is 4.92. The SMILES string of the molecule is CCC1CCCCC1NC(=O)N(CC)CC(=O)O. The summed E-state index contributed by atoms with van der Waals surface area (Å²) in [6, 6.07) is -0.0376. The highest BCUT2D eigenvalue weighted by molar-refractivity contribution is 5.80. The molecule has 1 aliphatic rings. The molecule has 0 heterocycles. The molecule has 0 aliphatic heterocycles. The summed E-state index contributed by atoms with van der Waals surface area (Å²) >= 11 is 0. The van der Waals surface area contributed by atoms with E-state index in [0.717, 1.165) is 25.7 Å². The maximum absolute atomic E-state index is 12.0. The van der Waals surface area contributed by atoms with Crippen molar-refractivity contribution in [2.24, 2.45) is 5.92 Å². The van der Waals surface area contributed by atoms with Gasteiger partial charge in [-0.25, -0.2) is 4.79 Å². The zero-order chi connectivity index (χ0) is 13.5. The van der Waals surface area contributed by atoms with E-state index in [1.165, 1.54) is 11.3 Å². The average Bonchev–Trinajstić information content (AvgIpc) is 2.36. The van der Waals surface area contributed by atoms with Gasteiger partial charge in [-0.05, 0) is 25.7 Å².